The Labute approximate surface area is 163 Å². The molecule has 2 aromatic carbocycles. The lowest BCUT2D eigenvalue weighted by Gasteiger charge is -2.16. The minimum atomic E-state index is 0.0819. The van der Waals surface area contributed by atoms with Crippen molar-refractivity contribution in [1.29, 1.82) is 0 Å². The van der Waals surface area contributed by atoms with E-state index in [1.807, 2.05) is 29.2 Å². The van der Waals surface area contributed by atoms with Crippen LogP contribution in [0.3, 0.4) is 0 Å². The Balaban J connectivity index is 1.63. The largest absolute Gasteiger partial charge is 0.495 e. The summed E-state index contributed by atoms with van der Waals surface area (Å²) >= 11 is 11.4. The lowest BCUT2D eigenvalue weighted by Crippen LogP contribution is -2.27. The van der Waals surface area contributed by atoms with Gasteiger partial charge in [0.2, 0.25) is 0 Å². The first kappa shape index (κ1) is 18.5. The van der Waals surface area contributed by atoms with E-state index in [0.717, 1.165) is 31.6 Å². The Morgan fingerprint density at radius 3 is 2.46 bits per heavy atom. The number of amides is 1. The van der Waals surface area contributed by atoms with Gasteiger partial charge in [0.05, 0.1) is 12.8 Å². The van der Waals surface area contributed by atoms with Gasteiger partial charge in [-0.15, -0.1) is 0 Å². The van der Waals surface area contributed by atoms with Gasteiger partial charge < -0.3 is 20.3 Å². The molecular weight excluding hydrogens is 370 g/mol. The zero-order valence-electron chi connectivity index (χ0n) is 14.4. The molecule has 0 saturated carbocycles. The highest BCUT2D eigenvalue weighted by Crippen LogP contribution is 2.27. The minimum absolute atomic E-state index is 0.0819. The molecule has 7 heteroatoms. The summed E-state index contributed by atoms with van der Waals surface area (Å²) in [5, 5.41) is 7.15. The quantitative estimate of drug-likeness (QED) is 0.759. The van der Waals surface area contributed by atoms with Gasteiger partial charge in [0.15, 0.2) is 5.11 Å². The van der Waals surface area contributed by atoms with Crippen molar-refractivity contribution >= 4 is 46.2 Å². The third-order valence-corrected chi connectivity index (χ3v) is 4.63. The van der Waals surface area contributed by atoms with Crippen molar-refractivity contribution in [2.75, 3.05) is 30.8 Å². The van der Waals surface area contributed by atoms with E-state index in [9.17, 15) is 4.79 Å². The number of likely N-dealkylation sites (tertiary alicyclic amines) is 1. The normalized spacial score (nSPS) is 13.4. The van der Waals surface area contributed by atoms with Crippen LogP contribution >= 0.6 is 23.8 Å². The van der Waals surface area contributed by atoms with Crippen LogP contribution < -0.4 is 15.4 Å². The fourth-order valence-corrected chi connectivity index (χ4v) is 3.26. The summed E-state index contributed by atoms with van der Waals surface area (Å²) < 4.78 is 5.29. The van der Waals surface area contributed by atoms with Gasteiger partial charge in [0.1, 0.15) is 5.75 Å². The zero-order chi connectivity index (χ0) is 18.5. The molecule has 1 saturated heterocycles. The van der Waals surface area contributed by atoms with Crippen molar-refractivity contribution in [3.63, 3.8) is 0 Å². The summed E-state index contributed by atoms with van der Waals surface area (Å²) in [4.78, 5) is 14.3. The molecule has 1 fully saturated rings. The minimum Gasteiger partial charge on any atom is -0.495 e. The number of halogens is 1. The van der Waals surface area contributed by atoms with Gasteiger partial charge in [0, 0.05) is 29.4 Å². The number of nitrogens with one attached hydrogen (secondary N) is 2. The Hall–Kier alpha value is -2.31. The predicted octanol–water partition coefficient (Wildman–Crippen LogP) is 4.39. The molecule has 0 atom stereocenters. The maximum atomic E-state index is 12.4. The summed E-state index contributed by atoms with van der Waals surface area (Å²) in [5.41, 5.74) is 2.16. The Morgan fingerprint density at radius 1 is 1.12 bits per heavy atom. The molecule has 1 heterocycles. The highest BCUT2D eigenvalue weighted by molar-refractivity contribution is 7.80. The molecule has 3 rings (SSSR count). The molecule has 1 aliphatic rings. The summed E-state index contributed by atoms with van der Waals surface area (Å²) in [5.74, 6) is 0.725. The molecule has 0 bridgehead atoms. The van der Waals surface area contributed by atoms with Crippen LogP contribution in [-0.2, 0) is 0 Å². The highest BCUT2D eigenvalue weighted by atomic mass is 35.5. The second kappa shape index (κ2) is 8.38. The van der Waals surface area contributed by atoms with Crippen molar-refractivity contribution in [2.24, 2.45) is 0 Å². The van der Waals surface area contributed by atoms with E-state index in [1.54, 1.807) is 25.3 Å². The number of methoxy groups -OCH3 is 1. The van der Waals surface area contributed by atoms with Gasteiger partial charge in [-0.2, -0.15) is 0 Å². The van der Waals surface area contributed by atoms with Crippen LogP contribution in [0.25, 0.3) is 0 Å². The number of hydrogen-bond acceptors (Lipinski definition) is 3. The van der Waals surface area contributed by atoms with Gasteiger partial charge in [-0.25, -0.2) is 0 Å². The monoisotopic (exact) mass is 389 g/mol. The number of carbonyl (C=O) groups is 1. The topological polar surface area (TPSA) is 53.6 Å². The standard InChI is InChI=1S/C19H20ClN3O2S/c1-25-17-9-6-14(20)12-16(17)22-19(26)21-15-7-4-13(5-8-15)18(24)23-10-2-3-11-23/h4-9,12H,2-3,10-11H2,1H3,(H2,21,22,26). The number of benzene rings is 2. The number of anilines is 2. The van der Waals surface area contributed by atoms with Crippen LogP contribution in [0.15, 0.2) is 42.5 Å². The van der Waals surface area contributed by atoms with E-state index >= 15 is 0 Å². The number of thiocarbonyl (C=S) groups is 1. The maximum Gasteiger partial charge on any atom is 0.253 e. The average molecular weight is 390 g/mol. The first-order valence-electron chi connectivity index (χ1n) is 8.38. The number of hydrogen-bond donors (Lipinski definition) is 2. The van der Waals surface area contributed by atoms with Gasteiger partial charge >= 0.3 is 0 Å². The predicted molar refractivity (Wildman–Crippen MR) is 109 cm³/mol. The fraction of sp³-hybridized carbons (Fsp3) is 0.263. The van der Waals surface area contributed by atoms with Crippen LogP contribution in [0.2, 0.25) is 5.02 Å². The lowest BCUT2D eigenvalue weighted by atomic mass is 10.2. The summed E-state index contributed by atoms with van der Waals surface area (Å²) in [6, 6.07) is 12.6. The maximum absolute atomic E-state index is 12.4. The van der Waals surface area contributed by atoms with Gasteiger partial charge in [0.25, 0.3) is 5.91 Å². The molecule has 0 unspecified atom stereocenters. The van der Waals surface area contributed by atoms with E-state index < -0.39 is 0 Å². The molecular formula is C19H20ClN3O2S. The average Bonchev–Trinajstić information content (AvgIpc) is 3.16. The molecule has 26 heavy (non-hydrogen) atoms. The smallest absolute Gasteiger partial charge is 0.253 e. The molecule has 2 N–H and O–H groups in total. The van der Waals surface area contributed by atoms with Crippen molar-refractivity contribution in [3.05, 3.63) is 53.1 Å². The Morgan fingerprint density at radius 2 is 1.81 bits per heavy atom. The van der Waals surface area contributed by atoms with Crippen LogP contribution in [0, 0.1) is 0 Å². The summed E-state index contributed by atoms with van der Waals surface area (Å²) in [6.45, 7) is 1.68. The van der Waals surface area contributed by atoms with Crippen molar-refractivity contribution in [3.8, 4) is 5.75 Å². The second-order valence-corrected chi connectivity index (χ2v) is 6.85. The van der Waals surface area contributed by atoms with Crippen molar-refractivity contribution in [1.82, 2.24) is 4.90 Å². The van der Waals surface area contributed by atoms with Crippen molar-refractivity contribution in [2.45, 2.75) is 12.8 Å². The summed E-state index contributed by atoms with van der Waals surface area (Å²) in [7, 11) is 1.58. The Bertz CT molecular complexity index is 805. The van der Waals surface area contributed by atoms with Crippen molar-refractivity contribution < 1.29 is 9.53 Å². The van der Waals surface area contributed by atoms with E-state index in [4.69, 9.17) is 28.6 Å². The van der Waals surface area contributed by atoms with E-state index in [2.05, 4.69) is 10.6 Å². The fourth-order valence-electron chi connectivity index (χ4n) is 2.86. The molecule has 1 amide bonds. The van der Waals surface area contributed by atoms with E-state index in [-0.39, 0.29) is 5.91 Å². The number of rotatable bonds is 4. The lowest BCUT2D eigenvalue weighted by molar-refractivity contribution is 0.0793. The van der Waals surface area contributed by atoms with E-state index in [0.29, 0.717) is 27.1 Å². The summed E-state index contributed by atoms with van der Waals surface area (Å²) in [6.07, 6.45) is 2.16. The zero-order valence-corrected chi connectivity index (χ0v) is 16.0. The van der Waals surface area contributed by atoms with Gasteiger partial charge in [-0.05, 0) is 67.5 Å². The SMILES string of the molecule is COc1ccc(Cl)cc1NC(=S)Nc1ccc(C(=O)N2CCCC2)cc1. The van der Waals surface area contributed by atoms with E-state index in [1.165, 1.54) is 0 Å². The third-order valence-electron chi connectivity index (χ3n) is 4.19. The molecule has 0 aliphatic carbocycles. The molecule has 1 aliphatic heterocycles. The molecule has 0 radical (unpaired) electrons. The van der Waals surface area contributed by atoms with Crippen LogP contribution in [-0.4, -0.2) is 36.1 Å². The number of ether oxygens (including phenoxy) is 1. The molecule has 0 aromatic heterocycles. The van der Waals surface area contributed by atoms with Crippen LogP contribution in [0.4, 0.5) is 11.4 Å². The first-order chi connectivity index (χ1) is 12.6. The number of carbonyl (C=O) groups excluding carboxylic acids is 1. The molecule has 136 valence electrons. The van der Waals surface area contributed by atoms with Crippen LogP contribution in [0.1, 0.15) is 23.2 Å². The third kappa shape index (κ3) is 4.45. The highest BCUT2D eigenvalue weighted by Gasteiger charge is 2.19. The van der Waals surface area contributed by atoms with Gasteiger partial charge in [-0.1, -0.05) is 11.6 Å². The van der Waals surface area contributed by atoms with Gasteiger partial charge in [-0.3, -0.25) is 4.79 Å². The second-order valence-electron chi connectivity index (χ2n) is 6.00. The molecule has 0 spiro atoms. The molecule has 5 nitrogen and oxygen atoms in total. The first-order valence-corrected chi connectivity index (χ1v) is 9.16. The molecule has 2 aromatic rings. The number of nitrogens with zero attached hydrogens (tertiary/aromatic N) is 1. The van der Waals surface area contributed by atoms with Crippen LogP contribution in [0.5, 0.6) is 5.75 Å². The Kier molecular flexibility index (Phi) is 5.96.